The van der Waals surface area contributed by atoms with Gasteiger partial charge >= 0.3 is 12.1 Å². The molecule has 0 saturated heterocycles. The molecule has 3 N–H and O–H groups in total. The molecule has 6 rings (SSSR count). The quantitative estimate of drug-likeness (QED) is 0.133. The van der Waals surface area contributed by atoms with Crippen LogP contribution < -0.4 is 10.1 Å². The number of aromatic nitrogens is 2. The highest BCUT2D eigenvalue weighted by Crippen LogP contribution is 2.30. The van der Waals surface area contributed by atoms with E-state index in [1.165, 1.54) is 4.90 Å². The molecule has 1 unspecified atom stereocenters. The largest absolute Gasteiger partial charge is 0.478 e. The predicted octanol–water partition coefficient (Wildman–Crippen LogP) is 6.63. The molecular weight excluding hydrogens is 688 g/mol. The Balaban J connectivity index is 0.000000310. The SMILES string of the molecule is COCOc1ccc2c(c1)CN(C(=O)OC(C)(C)C)C([C@H](O)CNC(=O)c1cccc(-c3ccccn3)c1)C2.O=C(O)c1cccc(-c2ccccn2)c1. The summed E-state index contributed by atoms with van der Waals surface area (Å²) in [6.45, 7) is 5.69. The Morgan fingerprint density at radius 2 is 1.46 bits per heavy atom. The number of pyridine rings is 2. The van der Waals surface area contributed by atoms with Crippen LogP contribution >= 0.6 is 0 Å². The third-order valence-corrected chi connectivity index (χ3v) is 8.39. The molecule has 12 nitrogen and oxygen atoms in total. The maximum absolute atomic E-state index is 13.2. The van der Waals surface area contributed by atoms with Gasteiger partial charge in [-0.05, 0) is 99.0 Å². The van der Waals surface area contributed by atoms with Gasteiger partial charge in [-0.25, -0.2) is 9.59 Å². The molecular formula is C42H44N4O8. The van der Waals surface area contributed by atoms with Crippen LogP contribution in [0.2, 0.25) is 0 Å². The summed E-state index contributed by atoms with van der Waals surface area (Å²) < 4.78 is 16.2. The highest BCUT2D eigenvalue weighted by molar-refractivity contribution is 5.95. The van der Waals surface area contributed by atoms with Crippen molar-refractivity contribution in [2.75, 3.05) is 20.4 Å². The van der Waals surface area contributed by atoms with Crippen molar-refractivity contribution in [2.24, 2.45) is 0 Å². The number of nitrogens with one attached hydrogen (secondary N) is 1. The number of rotatable bonds is 10. The predicted molar refractivity (Wildman–Crippen MR) is 203 cm³/mol. The lowest BCUT2D eigenvalue weighted by Gasteiger charge is -2.40. The van der Waals surface area contributed by atoms with Gasteiger partial charge in [0.05, 0.1) is 29.1 Å². The van der Waals surface area contributed by atoms with Crippen molar-refractivity contribution in [3.8, 4) is 28.3 Å². The minimum absolute atomic E-state index is 0.0407. The zero-order valence-corrected chi connectivity index (χ0v) is 30.6. The number of benzene rings is 3. The van der Waals surface area contributed by atoms with Crippen LogP contribution in [0.25, 0.3) is 22.5 Å². The fourth-order valence-corrected chi connectivity index (χ4v) is 5.80. The van der Waals surface area contributed by atoms with E-state index in [4.69, 9.17) is 19.3 Å². The number of methoxy groups -OCH3 is 1. The second kappa shape index (κ2) is 18.1. The summed E-state index contributed by atoms with van der Waals surface area (Å²) in [6.07, 6.45) is 2.21. The van der Waals surface area contributed by atoms with Crippen LogP contribution in [0.4, 0.5) is 4.79 Å². The molecule has 1 aliphatic rings. The molecule has 280 valence electrons. The summed E-state index contributed by atoms with van der Waals surface area (Å²) >= 11 is 0. The smallest absolute Gasteiger partial charge is 0.410 e. The second-order valence-corrected chi connectivity index (χ2v) is 13.5. The minimum Gasteiger partial charge on any atom is -0.478 e. The van der Waals surface area contributed by atoms with E-state index in [0.29, 0.717) is 17.7 Å². The van der Waals surface area contributed by atoms with Crippen molar-refractivity contribution in [3.63, 3.8) is 0 Å². The van der Waals surface area contributed by atoms with Crippen molar-refractivity contribution in [1.29, 1.82) is 0 Å². The zero-order valence-electron chi connectivity index (χ0n) is 30.6. The highest BCUT2D eigenvalue weighted by atomic mass is 16.7. The van der Waals surface area contributed by atoms with E-state index in [9.17, 15) is 19.5 Å². The molecule has 0 spiro atoms. The van der Waals surface area contributed by atoms with Crippen molar-refractivity contribution in [1.82, 2.24) is 20.2 Å². The van der Waals surface area contributed by atoms with Gasteiger partial charge in [0.25, 0.3) is 5.91 Å². The molecule has 0 radical (unpaired) electrons. The average Bonchev–Trinajstić information content (AvgIpc) is 3.18. The lowest BCUT2D eigenvalue weighted by atomic mass is 9.91. The summed E-state index contributed by atoms with van der Waals surface area (Å²) in [4.78, 5) is 46.9. The summed E-state index contributed by atoms with van der Waals surface area (Å²) in [5.41, 5.74) is 5.07. The highest BCUT2D eigenvalue weighted by Gasteiger charge is 2.37. The molecule has 3 aromatic carbocycles. The molecule has 1 aliphatic heterocycles. The van der Waals surface area contributed by atoms with Gasteiger partial charge < -0.3 is 29.7 Å². The molecule has 2 aromatic heterocycles. The van der Waals surface area contributed by atoms with Gasteiger partial charge in [-0.1, -0.05) is 42.5 Å². The molecule has 5 aromatic rings. The lowest BCUT2D eigenvalue weighted by molar-refractivity contribution is -0.0114. The first-order valence-corrected chi connectivity index (χ1v) is 17.4. The molecule has 3 heterocycles. The molecule has 0 bridgehead atoms. The molecule has 2 atom stereocenters. The van der Waals surface area contributed by atoms with E-state index in [1.54, 1.807) is 76.7 Å². The van der Waals surface area contributed by atoms with Crippen LogP contribution in [0.1, 0.15) is 52.6 Å². The number of carboxylic acids is 1. The Hall–Kier alpha value is -6.11. The first-order chi connectivity index (χ1) is 25.9. The number of nitrogens with zero attached hydrogens (tertiary/aromatic N) is 3. The fourth-order valence-electron chi connectivity index (χ4n) is 5.80. The van der Waals surface area contributed by atoms with Crippen LogP contribution in [0, 0.1) is 0 Å². The third-order valence-electron chi connectivity index (χ3n) is 8.39. The van der Waals surface area contributed by atoms with Crippen LogP contribution in [0.3, 0.4) is 0 Å². The molecule has 54 heavy (non-hydrogen) atoms. The molecule has 12 heteroatoms. The normalized spacial score (nSPS) is 14.1. The fraction of sp³-hybridized carbons (Fsp3) is 0.262. The molecule has 2 amide bonds. The number of carbonyl (C=O) groups is 3. The van der Waals surface area contributed by atoms with Crippen molar-refractivity contribution in [3.05, 3.63) is 138 Å². The zero-order chi connectivity index (χ0) is 38.7. The van der Waals surface area contributed by atoms with Crippen LogP contribution in [-0.2, 0) is 22.4 Å². The number of ether oxygens (including phenoxy) is 3. The topological polar surface area (TPSA) is 160 Å². The van der Waals surface area contributed by atoms with E-state index in [0.717, 1.165) is 33.6 Å². The van der Waals surface area contributed by atoms with E-state index < -0.39 is 29.8 Å². The average molecular weight is 733 g/mol. The number of aliphatic hydroxyl groups is 1. The van der Waals surface area contributed by atoms with E-state index in [1.807, 2.05) is 66.7 Å². The van der Waals surface area contributed by atoms with Crippen LogP contribution in [-0.4, -0.2) is 81.2 Å². The monoisotopic (exact) mass is 732 g/mol. The summed E-state index contributed by atoms with van der Waals surface area (Å²) in [7, 11) is 1.55. The number of aromatic carboxylic acids is 1. The number of amides is 2. The number of hydrogen-bond acceptors (Lipinski definition) is 9. The Bertz CT molecular complexity index is 2040. The Morgan fingerprint density at radius 1 is 0.833 bits per heavy atom. The van der Waals surface area contributed by atoms with Crippen molar-refractivity contribution in [2.45, 2.75) is 51.5 Å². The standard InChI is InChI=1S/C30H35N3O6.C12H9NO2/c1-30(2,3)39-29(36)33-18-23-15-24(38-19-37-4)12-11-20(23)16-26(33)27(34)17-32-28(35)22-9-7-8-21(14-22)25-10-5-6-13-31-25;14-12(15)10-5-3-4-9(8-10)11-6-1-2-7-13-11/h5-15,26-27,34H,16-19H2,1-4H3,(H,32,35);1-8H,(H,14,15)/t26?,27-;/m1./s1. The molecule has 0 aliphatic carbocycles. The Labute approximate surface area is 314 Å². The van der Waals surface area contributed by atoms with Crippen LogP contribution in [0.5, 0.6) is 5.75 Å². The van der Waals surface area contributed by atoms with Gasteiger partial charge in [-0.3, -0.25) is 19.7 Å². The number of hydrogen-bond donors (Lipinski definition) is 3. The van der Waals surface area contributed by atoms with Gasteiger partial charge in [-0.15, -0.1) is 0 Å². The van der Waals surface area contributed by atoms with Gasteiger partial charge in [0.2, 0.25) is 0 Å². The summed E-state index contributed by atoms with van der Waals surface area (Å²) in [6, 6.07) is 30.1. The van der Waals surface area contributed by atoms with Crippen LogP contribution in [0.15, 0.2) is 116 Å². The van der Waals surface area contributed by atoms with Gasteiger partial charge in [0.1, 0.15) is 11.4 Å². The molecule has 0 fully saturated rings. The first-order valence-electron chi connectivity index (χ1n) is 17.4. The summed E-state index contributed by atoms with van der Waals surface area (Å²) in [5.74, 6) is -0.626. The second-order valence-electron chi connectivity index (χ2n) is 13.5. The van der Waals surface area contributed by atoms with E-state index in [2.05, 4.69) is 15.3 Å². The minimum atomic E-state index is -1.03. The molecule has 0 saturated carbocycles. The van der Waals surface area contributed by atoms with Crippen molar-refractivity contribution >= 4 is 18.0 Å². The Kier molecular flexibility index (Phi) is 13.1. The van der Waals surface area contributed by atoms with E-state index in [-0.39, 0.29) is 31.4 Å². The third kappa shape index (κ3) is 10.7. The first kappa shape index (κ1) is 39.1. The maximum atomic E-state index is 13.2. The number of fused-ring (bicyclic) bond motifs is 1. The maximum Gasteiger partial charge on any atom is 0.410 e. The number of carboxylic acid groups (broad SMARTS) is 1. The lowest BCUT2D eigenvalue weighted by Crippen LogP contribution is -2.54. The van der Waals surface area contributed by atoms with Crippen molar-refractivity contribution < 1.29 is 38.8 Å². The number of aliphatic hydroxyl groups excluding tert-OH is 1. The Morgan fingerprint density at radius 3 is 2.04 bits per heavy atom. The van der Waals surface area contributed by atoms with Gasteiger partial charge in [-0.2, -0.15) is 0 Å². The number of carbonyl (C=O) groups excluding carboxylic acids is 2. The van der Waals surface area contributed by atoms with E-state index >= 15 is 0 Å². The van der Waals surface area contributed by atoms with Gasteiger partial charge in [0.15, 0.2) is 6.79 Å². The van der Waals surface area contributed by atoms with Gasteiger partial charge in [0, 0.05) is 49.3 Å². The summed E-state index contributed by atoms with van der Waals surface area (Å²) in [5, 5.41) is 22.9.